The molecule has 1 aromatic heterocycles. The summed E-state index contributed by atoms with van der Waals surface area (Å²) in [4.78, 5) is 17.1. The molecular weight excluding hydrogens is 224 g/mol. The van der Waals surface area contributed by atoms with Crippen molar-refractivity contribution in [2.45, 2.75) is 26.3 Å². The fourth-order valence-electron chi connectivity index (χ4n) is 1.08. The summed E-state index contributed by atoms with van der Waals surface area (Å²) in [6.07, 6.45) is 1.25. The van der Waals surface area contributed by atoms with Gasteiger partial charge >= 0.3 is 5.97 Å². The molecule has 0 aliphatic heterocycles. The minimum atomic E-state index is -0.517. The number of nitrogens with zero attached hydrogens (tertiary/aromatic N) is 2. The Hall–Kier alpha value is -1.56. The van der Waals surface area contributed by atoms with Gasteiger partial charge in [-0.15, -0.1) is 0 Å². The lowest BCUT2D eigenvalue weighted by Crippen LogP contribution is -2.44. The van der Waals surface area contributed by atoms with Crippen LogP contribution in [0.4, 0.5) is 6.01 Å². The predicted molar refractivity (Wildman–Crippen MR) is 62.0 cm³/mol. The number of rotatable bonds is 5. The van der Waals surface area contributed by atoms with E-state index in [1.54, 1.807) is 18.9 Å². The van der Waals surface area contributed by atoms with Gasteiger partial charge in [-0.25, -0.2) is 4.79 Å². The number of hydrogen-bond acceptors (Lipinski definition) is 6. The number of oxazole rings is 1. The second-order valence-electron chi connectivity index (χ2n) is 4.27. The fraction of sp³-hybridized carbons (Fsp3) is 0.636. The lowest BCUT2D eigenvalue weighted by atomic mass is 10.1. The number of hydrogen-bond donors (Lipinski definition) is 1. The SMILES string of the molecule is CCOC(=O)c1coc(N(C)C(C)(C)CO)n1. The molecule has 0 aliphatic carbocycles. The van der Waals surface area contributed by atoms with Gasteiger partial charge in [-0.1, -0.05) is 0 Å². The average Bonchev–Trinajstić information content (AvgIpc) is 2.77. The molecule has 0 unspecified atom stereocenters. The zero-order valence-corrected chi connectivity index (χ0v) is 10.6. The van der Waals surface area contributed by atoms with Gasteiger partial charge in [0.25, 0.3) is 6.01 Å². The van der Waals surface area contributed by atoms with Crippen LogP contribution in [0.3, 0.4) is 0 Å². The highest BCUT2D eigenvalue weighted by molar-refractivity contribution is 5.87. The molecular formula is C11H18N2O4. The van der Waals surface area contributed by atoms with Gasteiger partial charge in [0.15, 0.2) is 5.69 Å². The molecule has 0 saturated carbocycles. The Morgan fingerprint density at radius 1 is 1.65 bits per heavy atom. The standard InChI is InChI=1S/C11H18N2O4/c1-5-16-9(15)8-6-17-10(12-8)13(4)11(2,3)7-14/h6,14H,5,7H2,1-4H3. The molecule has 0 aromatic carbocycles. The molecule has 0 radical (unpaired) electrons. The molecule has 0 fully saturated rings. The normalized spacial score (nSPS) is 11.4. The fourth-order valence-corrected chi connectivity index (χ4v) is 1.08. The smallest absolute Gasteiger partial charge is 0.360 e. The van der Waals surface area contributed by atoms with E-state index in [9.17, 15) is 9.90 Å². The molecule has 6 nitrogen and oxygen atoms in total. The van der Waals surface area contributed by atoms with Crippen LogP contribution < -0.4 is 4.90 Å². The Morgan fingerprint density at radius 3 is 2.82 bits per heavy atom. The largest absolute Gasteiger partial charge is 0.461 e. The number of anilines is 1. The van der Waals surface area contributed by atoms with Gasteiger partial charge in [0.2, 0.25) is 0 Å². The lowest BCUT2D eigenvalue weighted by Gasteiger charge is -2.32. The zero-order valence-electron chi connectivity index (χ0n) is 10.6. The molecule has 1 heterocycles. The van der Waals surface area contributed by atoms with Crippen LogP contribution in [0.25, 0.3) is 0 Å². The van der Waals surface area contributed by atoms with Crippen molar-refractivity contribution >= 4 is 12.0 Å². The average molecular weight is 242 g/mol. The van der Waals surface area contributed by atoms with Crippen LogP contribution in [-0.2, 0) is 4.74 Å². The summed E-state index contributed by atoms with van der Waals surface area (Å²) >= 11 is 0. The summed E-state index contributed by atoms with van der Waals surface area (Å²) < 4.78 is 9.99. The van der Waals surface area contributed by atoms with E-state index in [-0.39, 0.29) is 18.3 Å². The first-order chi connectivity index (χ1) is 7.92. The summed E-state index contributed by atoms with van der Waals surface area (Å²) in [5.74, 6) is -0.516. The Bertz CT molecular complexity index is 387. The summed E-state index contributed by atoms with van der Waals surface area (Å²) in [5, 5.41) is 9.22. The van der Waals surface area contributed by atoms with Crippen LogP contribution >= 0.6 is 0 Å². The van der Waals surface area contributed by atoms with Gasteiger partial charge in [-0.2, -0.15) is 4.98 Å². The van der Waals surface area contributed by atoms with E-state index in [1.165, 1.54) is 6.26 Å². The van der Waals surface area contributed by atoms with E-state index in [1.807, 2.05) is 13.8 Å². The quantitative estimate of drug-likeness (QED) is 0.778. The summed E-state index contributed by atoms with van der Waals surface area (Å²) in [7, 11) is 1.73. The topological polar surface area (TPSA) is 75.8 Å². The summed E-state index contributed by atoms with van der Waals surface area (Å²) in [5.41, 5.74) is -0.390. The van der Waals surface area contributed by atoms with Crippen molar-refractivity contribution in [2.75, 3.05) is 25.2 Å². The van der Waals surface area contributed by atoms with Crippen molar-refractivity contribution in [1.29, 1.82) is 0 Å². The number of carbonyl (C=O) groups excluding carboxylic acids is 1. The molecule has 17 heavy (non-hydrogen) atoms. The van der Waals surface area contributed by atoms with Gasteiger partial charge < -0.3 is 19.2 Å². The molecule has 1 N–H and O–H groups in total. The molecule has 0 saturated heterocycles. The van der Waals surface area contributed by atoms with Gasteiger partial charge in [-0.05, 0) is 20.8 Å². The van der Waals surface area contributed by atoms with Crippen molar-refractivity contribution < 1.29 is 19.1 Å². The number of aliphatic hydroxyl groups excluding tert-OH is 1. The molecule has 1 rings (SSSR count). The first-order valence-corrected chi connectivity index (χ1v) is 5.39. The number of esters is 1. The highest BCUT2D eigenvalue weighted by Crippen LogP contribution is 2.21. The Labute approximate surface area is 100 Å². The van der Waals surface area contributed by atoms with E-state index < -0.39 is 11.5 Å². The van der Waals surface area contributed by atoms with Gasteiger partial charge in [0, 0.05) is 7.05 Å². The van der Waals surface area contributed by atoms with E-state index in [4.69, 9.17) is 9.15 Å². The summed E-state index contributed by atoms with van der Waals surface area (Å²) in [6, 6.07) is 0.270. The van der Waals surface area contributed by atoms with Gasteiger partial charge in [0.1, 0.15) is 6.26 Å². The first-order valence-electron chi connectivity index (χ1n) is 5.39. The minimum Gasteiger partial charge on any atom is -0.461 e. The van der Waals surface area contributed by atoms with E-state index in [2.05, 4.69) is 4.98 Å². The molecule has 0 spiro atoms. The maximum atomic E-state index is 11.4. The van der Waals surface area contributed by atoms with Crippen LogP contribution in [0.15, 0.2) is 10.7 Å². The molecule has 96 valence electrons. The van der Waals surface area contributed by atoms with Crippen molar-refractivity contribution in [3.8, 4) is 0 Å². The van der Waals surface area contributed by atoms with E-state index in [0.717, 1.165) is 0 Å². The van der Waals surface area contributed by atoms with E-state index >= 15 is 0 Å². The Kier molecular flexibility index (Phi) is 4.11. The highest BCUT2D eigenvalue weighted by Gasteiger charge is 2.27. The number of ether oxygens (including phenoxy) is 1. The number of aromatic nitrogens is 1. The lowest BCUT2D eigenvalue weighted by molar-refractivity contribution is 0.0519. The zero-order chi connectivity index (χ0) is 13.1. The van der Waals surface area contributed by atoms with Crippen LogP contribution in [0.2, 0.25) is 0 Å². The predicted octanol–water partition coefficient (Wildman–Crippen LogP) is 1.06. The second-order valence-corrected chi connectivity index (χ2v) is 4.27. The minimum absolute atomic E-state index is 0.0549. The van der Waals surface area contributed by atoms with Crippen LogP contribution in [0, 0.1) is 0 Å². The van der Waals surface area contributed by atoms with Crippen molar-refractivity contribution in [2.24, 2.45) is 0 Å². The number of likely N-dealkylation sites (N-methyl/N-ethyl adjacent to an activating group) is 1. The van der Waals surface area contributed by atoms with Crippen LogP contribution in [0.5, 0.6) is 0 Å². The molecule has 0 atom stereocenters. The van der Waals surface area contributed by atoms with Gasteiger partial charge in [0.05, 0.1) is 18.8 Å². The first kappa shape index (κ1) is 13.5. The van der Waals surface area contributed by atoms with E-state index in [0.29, 0.717) is 6.61 Å². The molecule has 0 bridgehead atoms. The maximum absolute atomic E-state index is 11.4. The third kappa shape index (κ3) is 2.97. The maximum Gasteiger partial charge on any atom is 0.360 e. The second kappa shape index (κ2) is 5.18. The highest BCUT2D eigenvalue weighted by atomic mass is 16.5. The monoisotopic (exact) mass is 242 g/mol. The molecule has 1 aromatic rings. The number of carbonyl (C=O) groups is 1. The van der Waals surface area contributed by atoms with Gasteiger partial charge in [-0.3, -0.25) is 0 Å². The number of aliphatic hydroxyl groups is 1. The van der Waals surface area contributed by atoms with Crippen molar-refractivity contribution in [1.82, 2.24) is 4.98 Å². The summed E-state index contributed by atoms with van der Waals surface area (Å²) in [6.45, 7) is 5.63. The van der Waals surface area contributed by atoms with Crippen LogP contribution in [-0.4, -0.2) is 41.9 Å². The van der Waals surface area contributed by atoms with Crippen molar-refractivity contribution in [3.63, 3.8) is 0 Å². The molecule has 0 amide bonds. The van der Waals surface area contributed by atoms with Crippen molar-refractivity contribution in [3.05, 3.63) is 12.0 Å². The molecule has 0 aliphatic rings. The Morgan fingerprint density at radius 2 is 2.29 bits per heavy atom. The third-order valence-corrected chi connectivity index (χ3v) is 2.56. The Balaban J connectivity index is 2.84. The van der Waals surface area contributed by atoms with Crippen LogP contribution in [0.1, 0.15) is 31.3 Å². The third-order valence-electron chi connectivity index (χ3n) is 2.56. The molecule has 6 heteroatoms.